The normalized spacial score (nSPS) is 10.4. The third-order valence-electron chi connectivity index (χ3n) is 2.86. The lowest BCUT2D eigenvalue weighted by Crippen LogP contribution is -2.26. The number of carbonyl (C=O) groups excluding carboxylic acids is 1. The highest BCUT2D eigenvalue weighted by atomic mass is 19.1. The molecule has 1 aromatic carbocycles. The molecule has 110 valence electrons. The van der Waals surface area contributed by atoms with Crippen LogP contribution in [0.15, 0.2) is 30.6 Å². The number of nitro benzene ring substituents is 1. The van der Waals surface area contributed by atoms with Crippen LogP contribution in [0.2, 0.25) is 0 Å². The van der Waals surface area contributed by atoms with E-state index < -0.39 is 22.3 Å². The van der Waals surface area contributed by atoms with E-state index in [-0.39, 0.29) is 12.1 Å². The topological polar surface area (TPSA) is 90.1 Å². The Labute approximate surface area is 119 Å². The summed E-state index contributed by atoms with van der Waals surface area (Å²) in [4.78, 5) is 22.0. The van der Waals surface area contributed by atoms with Crippen LogP contribution in [0.3, 0.4) is 0 Å². The molecule has 0 radical (unpaired) electrons. The SMILES string of the molecule is Cn1cc(CCNC(=O)c2cc(F)ccc2[N+](=O)[O-])cn1. The molecular weight excluding hydrogens is 279 g/mol. The lowest BCUT2D eigenvalue weighted by molar-refractivity contribution is -0.385. The summed E-state index contributed by atoms with van der Waals surface area (Å²) in [6.07, 6.45) is 4.00. The molecule has 2 aromatic rings. The van der Waals surface area contributed by atoms with Crippen LogP contribution in [-0.2, 0) is 13.5 Å². The lowest BCUT2D eigenvalue weighted by Gasteiger charge is -2.05. The van der Waals surface area contributed by atoms with Gasteiger partial charge in [0.1, 0.15) is 11.4 Å². The summed E-state index contributed by atoms with van der Waals surface area (Å²) in [5.41, 5.74) is 0.216. The fraction of sp³-hybridized carbons (Fsp3) is 0.231. The van der Waals surface area contributed by atoms with Crippen LogP contribution >= 0.6 is 0 Å². The molecule has 0 saturated heterocycles. The second-order valence-corrected chi connectivity index (χ2v) is 4.45. The van der Waals surface area contributed by atoms with Crippen molar-refractivity contribution in [1.29, 1.82) is 0 Å². The van der Waals surface area contributed by atoms with Gasteiger partial charge in [-0.05, 0) is 24.1 Å². The fourth-order valence-electron chi connectivity index (χ4n) is 1.87. The predicted octanol–water partition coefficient (Wildman–Crippen LogP) is 1.44. The van der Waals surface area contributed by atoms with E-state index in [1.807, 2.05) is 0 Å². The van der Waals surface area contributed by atoms with Crippen LogP contribution in [0.4, 0.5) is 10.1 Å². The summed E-state index contributed by atoms with van der Waals surface area (Å²) < 4.78 is 14.8. The van der Waals surface area contributed by atoms with Gasteiger partial charge in [-0.15, -0.1) is 0 Å². The van der Waals surface area contributed by atoms with Crippen LogP contribution in [0, 0.1) is 15.9 Å². The second kappa shape index (κ2) is 6.12. The standard InChI is InChI=1S/C13H13FN4O3/c1-17-8-9(7-16-17)4-5-15-13(19)11-6-10(14)2-3-12(11)18(20)21/h2-3,6-8H,4-5H2,1H3,(H,15,19). The minimum absolute atomic E-state index is 0.276. The monoisotopic (exact) mass is 292 g/mol. The average molecular weight is 292 g/mol. The first-order valence-corrected chi connectivity index (χ1v) is 6.17. The number of amides is 1. The molecule has 0 atom stereocenters. The first kappa shape index (κ1) is 14.6. The quantitative estimate of drug-likeness (QED) is 0.667. The van der Waals surface area contributed by atoms with Gasteiger partial charge >= 0.3 is 0 Å². The molecule has 0 aliphatic carbocycles. The number of nitrogens with zero attached hydrogens (tertiary/aromatic N) is 3. The Hall–Kier alpha value is -2.77. The van der Waals surface area contributed by atoms with Crippen molar-refractivity contribution in [3.63, 3.8) is 0 Å². The zero-order valence-electron chi connectivity index (χ0n) is 11.2. The highest BCUT2D eigenvalue weighted by molar-refractivity contribution is 5.98. The van der Waals surface area contributed by atoms with Gasteiger partial charge < -0.3 is 5.32 Å². The third-order valence-corrected chi connectivity index (χ3v) is 2.86. The molecule has 0 bridgehead atoms. The highest BCUT2D eigenvalue weighted by Gasteiger charge is 2.20. The van der Waals surface area contributed by atoms with Gasteiger partial charge in [0, 0.05) is 25.9 Å². The van der Waals surface area contributed by atoms with Gasteiger partial charge in [0.05, 0.1) is 11.1 Å². The molecule has 1 heterocycles. The molecular formula is C13H13FN4O3. The highest BCUT2D eigenvalue weighted by Crippen LogP contribution is 2.19. The average Bonchev–Trinajstić information content (AvgIpc) is 2.84. The van der Waals surface area contributed by atoms with Crippen molar-refractivity contribution in [2.75, 3.05) is 6.54 Å². The minimum atomic E-state index is -0.713. The molecule has 1 aromatic heterocycles. The van der Waals surface area contributed by atoms with Crippen molar-refractivity contribution in [1.82, 2.24) is 15.1 Å². The van der Waals surface area contributed by atoms with E-state index in [1.54, 1.807) is 24.1 Å². The smallest absolute Gasteiger partial charge is 0.282 e. The molecule has 0 unspecified atom stereocenters. The van der Waals surface area contributed by atoms with E-state index >= 15 is 0 Å². The van der Waals surface area contributed by atoms with Gasteiger partial charge in [-0.2, -0.15) is 5.10 Å². The molecule has 1 amide bonds. The van der Waals surface area contributed by atoms with Crippen molar-refractivity contribution < 1.29 is 14.1 Å². The zero-order chi connectivity index (χ0) is 15.4. The predicted molar refractivity (Wildman–Crippen MR) is 72.3 cm³/mol. The molecule has 2 rings (SSSR count). The fourth-order valence-corrected chi connectivity index (χ4v) is 1.87. The Morgan fingerprint density at radius 3 is 2.90 bits per heavy atom. The Balaban J connectivity index is 2.03. The van der Waals surface area contributed by atoms with Gasteiger partial charge in [-0.25, -0.2) is 4.39 Å². The Morgan fingerprint density at radius 2 is 2.29 bits per heavy atom. The Bertz CT molecular complexity index is 684. The summed E-state index contributed by atoms with van der Waals surface area (Å²) in [7, 11) is 1.78. The molecule has 7 nitrogen and oxygen atoms in total. The van der Waals surface area contributed by atoms with Crippen molar-refractivity contribution in [2.24, 2.45) is 7.05 Å². The molecule has 0 spiro atoms. The minimum Gasteiger partial charge on any atom is -0.351 e. The van der Waals surface area contributed by atoms with E-state index in [2.05, 4.69) is 10.4 Å². The first-order chi connectivity index (χ1) is 9.97. The zero-order valence-corrected chi connectivity index (χ0v) is 11.2. The van der Waals surface area contributed by atoms with Crippen molar-refractivity contribution >= 4 is 11.6 Å². The lowest BCUT2D eigenvalue weighted by atomic mass is 10.1. The number of nitro groups is 1. The summed E-state index contributed by atoms with van der Waals surface area (Å²) in [5.74, 6) is -1.37. The van der Waals surface area contributed by atoms with E-state index in [4.69, 9.17) is 0 Å². The van der Waals surface area contributed by atoms with Gasteiger partial charge in [0.15, 0.2) is 0 Å². The van der Waals surface area contributed by atoms with Crippen molar-refractivity contribution in [3.05, 3.63) is 57.7 Å². The van der Waals surface area contributed by atoms with Gasteiger partial charge in [-0.1, -0.05) is 0 Å². The van der Waals surface area contributed by atoms with Gasteiger partial charge in [0.2, 0.25) is 0 Å². The van der Waals surface area contributed by atoms with Gasteiger partial charge in [0.25, 0.3) is 11.6 Å². The van der Waals surface area contributed by atoms with Crippen LogP contribution in [0.5, 0.6) is 0 Å². The number of hydrogen-bond donors (Lipinski definition) is 1. The van der Waals surface area contributed by atoms with Crippen LogP contribution in [0.1, 0.15) is 15.9 Å². The van der Waals surface area contributed by atoms with Crippen molar-refractivity contribution in [2.45, 2.75) is 6.42 Å². The molecule has 0 aliphatic rings. The number of nitrogens with one attached hydrogen (secondary N) is 1. The molecule has 8 heteroatoms. The number of hydrogen-bond acceptors (Lipinski definition) is 4. The maximum Gasteiger partial charge on any atom is 0.282 e. The molecule has 0 aliphatic heterocycles. The molecule has 21 heavy (non-hydrogen) atoms. The Kier molecular flexibility index (Phi) is 4.27. The van der Waals surface area contributed by atoms with Crippen molar-refractivity contribution in [3.8, 4) is 0 Å². The molecule has 0 fully saturated rings. The molecule has 1 N–H and O–H groups in total. The van der Waals surface area contributed by atoms with E-state index in [9.17, 15) is 19.3 Å². The number of rotatable bonds is 5. The number of benzene rings is 1. The van der Waals surface area contributed by atoms with E-state index in [0.717, 1.165) is 23.8 Å². The maximum atomic E-state index is 13.1. The molecule has 0 saturated carbocycles. The third kappa shape index (κ3) is 3.62. The summed E-state index contributed by atoms with van der Waals surface area (Å²) in [6, 6.07) is 2.79. The number of carbonyl (C=O) groups is 1. The first-order valence-electron chi connectivity index (χ1n) is 6.17. The maximum absolute atomic E-state index is 13.1. The van der Waals surface area contributed by atoms with Gasteiger partial charge in [-0.3, -0.25) is 19.6 Å². The van der Waals surface area contributed by atoms with Crippen LogP contribution in [0.25, 0.3) is 0 Å². The number of halogens is 1. The van der Waals surface area contributed by atoms with E-state index in [0.29, 0.717) is 6.42 Å². The van der Waals surface area contributed by atoms with Crippen LogP contribution < -0.4 is 5.32 Å². The Morgan fingerprint density at radius 1 is 1.52 bits per heavy atom. The summed E-state index contributed by atoms with van der Waals surface area (Å²) in [6.45, 7) is 0.276. The summed E-state index contributed by atoms with van der Waals surface area (Å²) in [5, 5.41) is 17.3. The van der Waals surface area contributed by atoms with Crippen LogP contribution in [-0.4, -0.2) is 27.2 Å². The van der Waals surface area contributed by atoms with E-state index in [1.165, 1.54) is 0 Å². The summed E-state index contributed by atoms with van der Waals surface area (Å²) >= 11 is 0. The number of aryl methyl sites for hydroxylation is 1. The largest absolute Gasteiger partial charge is 0.351 e. The number of aromatic nitrogens is 2. The second-order valence-electron chi connectivity index (χ2n) is 4.45.